The van der Waals surface area contributed by atoms with E-state index in [0.717, 1.165) is 5.56 Å². The van der Waals surface area contributed by atoms with Crippen molar-refractivity contribution in [1.29, 1.82) is 0 Å². The Balaban J connectivity index is 2.20. The summed E-state index contributed by atoms with van der Waals surface area (Å²) in [4.78, 5) is 23.6. The van der Waals surface area contributed by atoms with Crippen LogP contribution in [-0.4, -0.2) is 23.0 Å². The van der Waals surface area contributed by atoms with Gasteiger partial charge in [0.25, 0.3) is 0 Å². The predicted molar refractivity (Wildman–Crippen MR) is 94.6 cm³/mol. The van der Waals surface area contributed by atoms with Crippen LogP contribution in [-0.2, 0) is 34.8 Å². The lowest BCUT2D eigenvalue weighted by atomic mass is 10.0. The van der Waals surface area contributed by atoms with E-state index in [0.29, 0.717) is 17.7 Å². The minimum atomic E-state index is -5.04. The molecule has 0 aromatic heterocycles. The Morgan fingerprint density at radius 1 is 0.900 bits per heavy atom. The first-order valence-corrected chi connectivity index (χ1v) is 8.62. The fraction of sp³-hybridized carbons (Fsp3) is 0.300. The van der Waals surface area contributed by atoms with Crippen molar-refractivity contribution in [2.75, 3.05) is 0 Å². The number of aryl methyl sites for hydroxylation is 1. The maximum atomic E-state index is 12.9. The Morgan fingerprint density at radius 3 is 1.83 bits per heavy atom. The third-order valence-electron chi connectivity index (χ3n) is 4.21. The summed E-state index contributed by atoms with van der Waals surface area (Å²) < 4.78 is 77.5. The lowest BCUT2D eigenvalue weighted by Crippen LogP contribution is -2.43. The summed E-state index contributed by atoms with van der Waals surface area (Å²) in [7, 11) is 0. The van der Waals surface area contributed by atoms with Gasteiger partial charge in [-0.3, -0.25) is 4.79 Å². The van der Waals surface area contributed by atoms with Crippen LogP contribution in [0.4, 0.5) is 26.3 Å². The van der Waals surface area contributed by atoms with E-state index in [1.807, 2.05) is 6.92 Å². The maximum absolute atomic E-state index is 12.9. The molecule has 4 nitrogen and oxygen atoms in total. The maximum Gasteiger partial charge on any atom is 0.416 e. The first kappa shape index (κ1) is 23.2. The number of alkyl halides is 6. The van der Waals surface area contributed by atoms with Gasteiger partial charge < -0.3 is 10.4 Å². The summed E-state index contributed by atoms with van der Waals surface area (Å²) in [6.07, 6.45) is -11.0. The van der Waals surface area contributed by atoms with E-state index in [-0.39, 0.29) is 12.5 Å². The minimum absolute atomic E-state index is 0.0428. The molecule has 0 radical (unpaired) electrons. The average Bonchev–Trinajstić information content (AvgIpc) is 2.61. The number of nitrogens with one attached hydrogen (secondary N) is 1. The highest BCUT2D eigenvalue weighted by atomic mass is 19.4. The van der Waals surface area contributed by atoms with Crippen LogP contribution in [0.5, 0.6) is 0 Å². The van der Waals surface area contributed by atoms with Gasteiger partial charge in [0.05, 0.1) is 17.5 Å². The SMILES string of the molecule is Cc1ccc(C[C@H](NC(=O)Cc2cc(C(F)(F)F)cc(C(F)(F)F)c2)C(=O)O)cc1. The van der Waals surface area contributed by atoms with Gasteiger partial charge in [-0.05, 0) is 36.2 Å². The van der Waals surface area contributed by atoms with Crippen LogP contribution in [0.2, 0.25) is 0 Å². The topological polar surface area (TPSA) is 66.4 Å². The highest BCUT2D eigenvalue weighted by Gasteiger charge is 2.37. The highest BCUT2D eigenvalue weighted by Crippen LogP contribution is 2.36. The van der Waals surface area contributed by atoms with Gasteiger partial charge in [0.1, 0.15) is 6.04 Å². The number of halogens is 6. The Morgan fingerprint density at radius 2 is 1.40 bits per heavy atom. The first-order valence-electron chi connectivity index (χ1n) is 8.62. The van der Waals surface area contributed by atoms with Gasteiger partial charge in [-0.25, -0.2) is 4.79 Å². The molecule has 2 aromatic rings. The number of carboxylic acids is 1. The fourth-order valence-corrected chi connectivity index (χ4v) is 2.71. The molecule has 0 saturated heterocycles. The van der Waals surface area contributed by atoms with Crippen molar-refractivity contribution in [2.45, 2.75) is 38.2 Å². The molecular weight excluding hydrogens is 416 g/mol. The number of hydrogen-bond donors (Lipinski definition) is 2. The Labute approximate surface area is 167 Å². The number of carboxylic acid groups (broad SMARTS) is 1. The van der Waals surface area contributed by atoms with Gasteiger partial charge in [-0.15, -0.1) is 0 Å². The summed E-state index contributed by atoms with van der Waals surface area (Å²) in [5.74, 6) is -2.40. The molecule has 1 atom stereocenters. The summed E-state index contributed by atoms with van der Waals surface area (Å²) in [6, 6.07) is 6.20. The molecule has 2 aromatic carbocycles. The van der Waals surface area contributed by atoms with E-state index in [1.54, 1.807) is 24.3 Å². The lowest BCUT2D eigenvalue weighted by molar-refractivity contribution is -0.143. The molecule has 0 heterocycles. The second-order valence-electron chi connectivity index (χ2n) is 6.74. The third kappa shape index (κ3) is 6.50. The molecule has 0 spiro atoms. The average molecular weight is 433 g/mol. The van der Waals surface area contributed by atoms with Gasteiger partial charge >= 0.3 is 18.3 Å². The van der Waals surface area contributed by atoms with Crippen molar-refractivity contribution >= 4 is 11.9 Å². The molecule has 0 aliphatic carbocycles. The number of hydrogen-bond acceptors (Lipinski definition) is 2. The molecule has 2 rings (SSSR count). The van der Waals surface area contributed by atoms with Crippen molar-refractivity contribution in [3.05, 3.63) is 70.3 Å². The zero-order chi connectivity index (χ0) is 22.7. The van der Waals surface area contributed by atoms with Crippen molar-refractivity contribution in [1.82, 2.24) is 5.32 Å². The molecule has 10 heteroatoms. The second kappa shape index (κ2) is 8.76. The van der Waals surface area contributed by atoms with Crippen LogP contribution in [0, 0.1) is 6.92 Å². The summed E-state index contributed by atoms with van der Waals surface area (Å²) in [6.45, 7) is 1.82. The predicted octanol–water partition coefficient (Wildman–Crippen LogP) is 4.39. The monoisotopic (exact) mass is 433 g/mol. The number of rotatable bonds is 6. The van der Waals surface area contributed by atoms with Gasteiger partial charge in [0.2, 0.25) is 5.91 Å². The van der Waals surface area contributed by atoms with Crippen LogP contribution >= 0.6 is 0 Å². The zero-order valence-electron chi connectivity index (χ0n) is 15.6. The van der Waals surface area contributed by atoms with Crippen LogP contribution in [0.25, 0.3) is 0 Å². The lowest BCUT2D eigenvalue weighted by Gasteiger charge is -2.16. The minimum Gasteiger partial charge on any atom is -0.480 e. The third-order valence-corrected chi connectivity index (χ3v) is 4.21. The molecule has 0 unspecified atom stereocenters. The van der Waals surface area contributed by atoms with Crippen molar-refractivity contribution in [2.24, 2.45) is 0 Å². The molecule has 0 aliphatic rings. The number of amides is 1. The molecule has 1 amide bonds. The molecule has 0 saturated carbocycles. The number of benzene rings is 2. The molecule has 0 bridgehead atoms. The molecule has 2 N–H and O–H groups in total. The Kier molecular flexibility index (Phi) is 6.79. The van der Waals surface area contributed by atoms with E-state index < -0.39 is 53.4 Å². The molecule has 0 fully saturated rings. The Hall–Kier alpha value is -3.04. The molecule has 162 valence electrons. The smallest absolute Gasteiger partial charge is 0.416 e. The quantitative estimate of drug-likeness (QED) is 0.665. The molecule has 30 heavy (non-hydrogen) atoms. The largest absolute Gasteiger partial charge is 0.480 e. The van der Waals surface area contributed by atoms with Crippen LogP contribution < -0.4 is 5.32 Å². The van der Waals surface area contributed by atoms with Gasteiger partial charge in [-0.2, -0.15) is 26.3 Å². The highest BCUT2D eigenvalue weighted by molar-refractivity contribution is 5.85. The summed E-state index contributed by atoms with van der Waals surface area (Å²) in [5.41, 5.74) is -2.11. The number of aliphatic carboxylic acids is 1. The number of carbonyl (C=O) groups is 2. The van der Waals surface area contributed by atoms with E-state index in [9.17, 15) is 41.0 Å². The van der Waals surface area contributed by atoms with Gasteiger partial charge in [0.15, 0.2) is 0 Å². The fourth-order valence-electron chi connectivity index (χ4n) is 2.71. The van der Waals surface area contributed by atoms with Gasteiger partial charge in [-0.1, -0.05) is 29.8 Å². The van der Waals surface area contributed by atoms with Crippen LogP contribution in [0.1, 0.15) is 27.8 Å². The van der Waals surface area contributed by atoms with Crippen LogP contribution in [0.15, 0.2) is 42.5 Å². The van der Waals surface area contributed by atoms with Crippen LogP contribution in [0.3, 0.4) is 0 Å². The first-order chi connectivity index (χ1) is 13.8. The molecular formula is C20H17F6NO3. The van der Waals surface area contributed by atoms with E-state index in [1.165, 1.54) is 0 Å². The normalized spacial score (nSPS) is 13.0. The van der Waals surface area contributed by atoms with Crippen molar-refractivity contribution in [3.8, 4) is 0 Å². The van der Waals surface area contributed by atoms with E-state index >= 15 is 0 Å². The van der Waals surface area contributed by atoms with Crippen molar-refractivity contribution in [3.63, 3.8) is 0 Å². The van der Waals surface area contributed by atoms with Crippen molar-refractivity contribution < 1.29 is 41.0 Å². The Bertz CT molecular complexity index is 887. The zero-order valence-corrected chi connectivity index (χ0v) is 15.6. The van der Waals surface area contributed by atoms with E-state index in [2.05, 4.69) is 5.32 Å². The summed E-state index contributed by atoms with van der Waals surface area (Å²) in [5, 5.41) is 11.4. The standard InChI is InChI=1S/C20H17F6NO3/c1-11-2-4-12(5-3-11)8-16(18(29)30)27-17(28)9-13-6-14(19(21,22)23)10-15(7-13)20(24,25)26/h2-7,10,16H,8-9H2,1H3,(H,27,28)(H,29,30)/t16-/m0/s1. The van der Waals surface area contributed by atoms with E-state index in [4.69, 9.17) is 0 Å². The number of carbonyl (C=O) groups excluding carboxylic acids is 1. The summed E-state index contributed by atoms with van der Waals surface area (Å²) >= 11 is 0. The molecule has 0 aliphatic heterocycles. The van der Waals surface area contributed by atoms with Gasteiger partial charge in [0, 0.05) is 6.42 Å². The second-order valence-corrected chi connectivity index (χ2v) is 6.74.